The third kappa shape index (κ3) is 4.54. The minimum absolute atomic E-state index is 0.206. The van der Waals surface area contributed by atoms with Gasteiger partial charge in [0.2, 0.25) is 0 Å². The number of anilines is 1. The number of benzene rings is 3. The lowest BCUT2D eigenvalue weighted by Gasteiger charge is -2.12. The van der Waals surface area contributed by atoms with Crippen LogP contribution in [0, 0.1) is 0 Å². The molecule has 3 aromatic rings. The maximum absolute atomic E-state index is 12.4. The standard InChI is InChI=1S/C20H16N2O5S/c23-19(14-5-2-1-3-6-14)21-16-9-11-17(12-10-16)22-28(26,27)18-8-4-7-15(13-18)20(24)25/h1-13,22H,(H,21,23)(H,24,25)/p-2. The van der Waals surface area contributed by atoms with Gasteiger partial charge in [0.25, 0.3) is 10.0 Å². The maximum Gasteiger partial charge on any atom is 0.261 e. The number of hydrogen-bond acceptors (Lipinski definition) is 6. The predicted octanol–water partition coefficient (Wildman–Crippen LogP) is 1.29. The number of sulfonamides is 1. The van der Waals surface area contributed by atoms with E-state index in [0.29, 0.717) is 11.3 Å². The SMILES string of the molecule is O=C([O-])c1cccc(S(=O)(=O)Nc2ccc(N=C([O-])c3ccccc3)cc2)c1. The molecule has 142 valence electrons. The molecule has 0 aliphatic heterocycles. The maximum atomic E-state index is 12.4. The predicted molar refractivity (Wildman–Crippen MR) is 101 cm³/mol. The van der Waals surface area contributed by atoms with Gasteiger partial charge in [0.15, 0.2) is 0 Å². The van der Waals surface area contributed by atoms with Gasteiger partial charge in [0.05, 0.1) is 16.6 Å². The van der Waals surface area contributed by atoms with Crippen LogP contribution in [0.1, 0.15) is 15.9 Å². The second kappa shape index (κ2) is 7.93. The first-order valence-corrected chi connectivity index (χ1v) is 9.59. The topological polar surface area (TPSA) is 122 Å². The van der Waals surface area contributed by atoms with Crippen LogP contribution in [0.25, 0.3) is 0 Å². The van der Waals surface area contributed by atoms with Crippen LogP contribution in [0.3, 0.4) is 0 Å². The van der Waals surface area contributed by atoms with Crippen LogP contribution in [0.15, 0.2) is 88.8 Å². The van der Waals surface area contributed by atoms with Gasteiger partial charge in [-0.25, -0.2) is 8.42 Å². The Bertz CT molecular complexity index is 1120. The molecule has 0 aliphatic rings. The molecule has 0 amide bonds. The summed E-state index contributed by atoms with van der Waals surface area (Å²) in [5.41, 5.74) is 0.817. The van der Waals surface area contributed by atoms with Crippen LogP contribution in [0.5, 0.6) is 0 Å². The van der Waals surface area contributed by atoms with Crippen molar-refractivity contribution in [1.82, 2.24) is 0 Å². The fourth-order valence-electron chi connectivity index (χ4n) is 2.37. The minimum Gasteiger partial charge on any atom is -0.858 e. The van der Waals surface area contributed by atoms with Crippen LogP contribution in [0.2, 0.25) is 0 Å². The molecule has 28 heavy (non-hydrogen) atoms. The first-order chi connectivity index (χ1) is 13.3. The Labute approximate surface area is 161 Å². The fourth-order valence-corrected chi connectivity index (χ4v) is 3.47. The Balaban J connectivity index is 1.79. The van der Waals surface area contributed by atoms with Gasteiger partial charge in [-0.2, -0.15) is 0 Å². The second-order valence-corrected chi connectivity index (χ2v) is 7.43. The van der Waals surface area contributed by atoms with Crippen LogP contribution in [0.4, 0.5) is 11.4 Å². The van der Waals surface area contributed by atoms with Gasteiger partial charge in [-0.15, -0.1) is 0 Å². The molecule has 0 saturated carbocycles. The van der Waals surface area contributed by atoms with Gasteiger partial charge in [0.1, 0.15) is 0 Å². The number of carbonyl (C=O) groups is 1. The Morgan fingerprint density at radius 2 is 1.46 bits per heavy atom. The molecule has 3 rings (SSSR count). The summed E-state index contributed by atoms with van der Waals surface area (Å²) in [5.74, 6) is -1.88. The Morgan fingerprint density at radius 1 is 0.821 bits per heavy atom. The number of aromatic carboxylic acids is 1. The quantitative estimate of drug-likeness (QED) is 0.499. The highest BCUT2D eigenvalue weighted by atomic mass is 32.2. The number of carbonyl (C=O) groups excluding carboxylic acids is 1. The van der Waals surface area contributed by atoms with Gasteiger partial charge in [-0.3, -0.25) is 9.71 Å². The number of carboxylic acids is 1. The first kappa shape index (κ1) is 19.1. The Kier molecular flexibility index (Phi) is 5.42. The zero-order chi connectivity index (χ0) is 20.1. The largest absolute Gasteiger partial charge is 0.858 e. The molecule has 7 nitrogen and oxygen atoms in total. The monoisotopic (exact) mass is 394 g/mol. The summed E-state index contributed by atoms with van der Waals surface area (Å²) >= 11 is 0. The smallest absolute Gasteiger partial charge is 0.261 e. The lowest BCUT2D eigenvalue weighted by atomic mass is 10.2. The minimum atomic E-state index is -3.99. The highest BCUT2D eigenvalue weighted by Gasteiger charge is 2.14. The molecule has 8 heteroatoms. The molecule has 1 N–H and O–H groups in total. The van der Waals surface area contributed by atoms with Crippen LogP contribution in [-0.2, 0) is 10.0 Å². The third-order valence-electron chi connectivity index (χ3n) is 3.75. The average molecular weight is 394 g/mol. The van der Waals surface area contributed by atoms with Crippen molar-refractivity contribution in [1.29, 1.82) is 0 Å². The highest BCUT2D eigenvalue weighted by molar-refractivity contribution is 7.92. The first-order valence-electron chi connectivity index (χ1n) is 8.10. The van der Waals surface area contributed by atoms with E-state index in [-0.39, 0.29) is 16.1 Å². The zero-order valence-electron chi connectivity index (χ0n) is 14.4. The average Bonchev–Trinajstić information content (AvgIpc) is 2.70. The summed E-state index contributed by atoms with van der Waals surface area (Å²) in [4.78, 5) is 14.7. The molecular weight excluding hydrogens is 380 g/mol. The fraction of sp³-hybridized carbons (Fsp3) is 0. The zero-order valence-corrected chi connectivity index (χ0v) is 15.2. The van der Waals surface area contributed by atoms with Crippen molar-refractivity contribution in [3.8, 4) is 0 Å². The van der Waals surface area contributed by atoms with Gasteiger partial charge < -0.3 is 15.0 Å². The summed E-state index contributed by atoms with van der Waals surface area (Å²) < 4.78 is 27.2. The highest BCUT2D eigenvalue weighted by Crippen LogP contribution is 2.21. The van der Waals surface area contributed by atoms with E-state index in [9.17, 15) is 23.4 Å². The van der Waals surface area contributed by atoms with E-state index in [2.05, 4.69) is 9.71 Å². The number of nitrogens with zero attached hydrogens (tertiary/aromatic N) is 1. The normalized spacial score (nSPS) is 11.8. The van der Waals surface area contributed by atoms with Crippen molar-refractivity contribution in [2.45, 2.75) is 4.90 Å². The van der Waals surface area contributed by atoms with Crippen LogP contribution >= 0.6 is 0 Å². The number of nitrogens with one attached hydrogen (secondary N) is 1. The Morgan fingerprint density at radius 3 is 2.11 bits per heavy atom. The molecule has 0 aromatic heterocycles. The molecular formula is C20H14N2O5S-2. The molecule has 0 spiro atoms. The molecule has 3 aromatic carbocycles. The van der Waals surface area contributed by atoms with Crippen molar-refractivity contribution >= 4 is 33.3 Å². The van der Waals surface area contributed by atoms with E-state index >= 15 is 0 Å². The third-order valence-corrected chi connectivity index (χ3v) is 5.13. The summed E-state index contributed by atoms with van der Waals surface area (Å²) in [6, 6.07) is 19.3. The van der Waals surface area contributed by atoms with E-state index in [4.69, 9.17) is 0 Å². The lowest BCUT2D eigenvalue weighted by molar-refractivity contribution is -0.255. The molecule has 0 radical (unpaired) electrons. The molecule has 0 saturated heterocycles. The van der Waals surface area contributed by atoms with E-state index < -0.39 is 21.9 Å². The van der Waals surface area contributed by atoms with E-state index in [1.807, 2.05) is 0 Å². The van der Waals surface area contributed by atoms with Crippen molar-refractivity contribution < 1.29 is 23.4 Å². The van der Waals surface area contributed by atoms with Crippen molar-refractivity contribution in [3.05, 3.63) is 90.0 Å². The van der Waals surface area contributed by atoms with E-state index in [1.165, 1.54) is 42.5 Å². The van der Waals surface area contributed by atoms with E-state index in [1.54, 1.807) is 30.3 Å². The van der Waals surface area contributed by atoms with E-state index in [0.717, 1.165) is 6.07 Å². The number of aliphatic imine (C=N–C) groups is 1. The molecule has 0 bridgehead atoms. The van der Waals surface area contributed by atoms with Gasteiger partial charge in [-0.05, 0) is 53.4 Å². The molecule has 0 fully saturated rings. The summed E-state index contributed by atoms with van der Waals surface area (Å²) in [6.07, 6.45) is 0. The van der Waals surface area contributed by atoms with Gasteiger partial charge >= 0.3 is 0 Å². The second-order valence-electron chi connectivity index (χ2n) is 5.75. The Hall–Kier alpha value is -3.65. The summed E-state index contributed by atoms with van der Waals surface area (Å²) in [6.45, 7) is 0. The van der Waals surface area contributed by atoms with Crippen molar-refractivity contribution in [3.63, 3.8) is 0 Å². The molecule has 0 heterocycles. The molecule has 0 aliphatic carbocycles. The number of carboxylic acid groups (broad SMARTS) is 1. The molecule has 0 atom stereocenters. The number of rotatable bonds is 6. The lowest BCUT2D eigenvalue weighted by Crippen LogP contribution is -2.23. The van der Waals surface area contributed by atoms with Crippen LogP contribution < -0.4 is 14.9 Å². The summed E-state index contributed by atoms with van der Waals surface area (Å²) in [5, 5.41) is 23.0. The van der Waals surface area contributed by atoms with Gasteiger partial charge in [-0.1, -0.05) is 42.5 Å². The van der Waals surface area contributed by atoms with Crippen LogP contribution in [-0.4, -0.2) is 20.3 Å². The number of hydrogen-bond donors (Lipinski definition) is 1. The molecule has 0 unspecified atom stereocenters. The van der Waals surface area contributed by atoms with Gasteiger partial charge in [0, 0.05) is 5.69 Å². The summed E-state index contributed by atoms with van der Waals surface area (Å²) in [7, 11) is -3.99. The van der Waals surface area contributed by atoms with Crippen molar-refractivity contribution in [2.24, 2.45) is 4.99 Å². The van der Waals surface area contributed by atoms with Crippen molar-refractivity contribution in [2.75, 3.05) is 4.72 Å².